The van der Waals surface area contributed by atoms with Crippen molar-refractivity contribution in [1.29, 1.82) is 0 Å². The molecule has 0 fully saturated rings. The first kappa shape index (κ1) is 15.6. The summed E-state index contributed by atoms with van der Waals surface area (Å²) >= 11 is 0. The van der Waals surface area contributed by atoms with Crippen molar-refractivity contribution in [3.8, 4) is 11.4 Å². The third kappa shape index (κ3) is 2.71. The quantitative estimate of drug-likeness (QED) is 0.549. The SMILES string of the molecule is Nc1nc2nc(-c3ccccc3)nc(N)c2nc1C(=O)c1ccccc1. The Labute approximate surface area is 148 Å². The van der Waals surface area contributed by atoms with Crippen LogP contribution >= 0.6 is 0 Å². The first-order valence-electron chi connectivity index (χ1n) is 7.89. The minimum absolute atomic E-state index is 0.00321. The molecule has 2 aromatic heterocycles. The van der Waals surface area contributed by atoms with Crippen LogP contribution in [0.5, 0.6) is 0 Å². The second kappa shape index (κ2) is 6.21. The Balaban J connectivity index is 1.86. The zero-order valence-electron chi connectivity index (χ0n) is 13.6. The van der Waals surface area contributed by atoms with Gasteiger partial charge in [-0.2, -0.15) is 0 Å². The van der Waals surface area contributed by atoms with Crippen molar-refractivity contribution >= 4 is 28.6 Å². The maximum absolute atomic E-state index is 12.6. The predicted octanol–water partition coefficient (Wildman–Crippen LogP) is 2.48. The molecule has 2 heterocycles. The van der Waals surface area contributed by atoms with Crippen LogP contribution in [0.4, 0.5) is 11.6 Å². The summed E-state index contributed by atoms with van der Waals surface area (Å²) in [6, 6.07) is 18.1. The molecule has 0 saturated heterocycles. The predicted molar refractivity (Wildman–Crippen MR) is 99.3 cm³/mol. The van der Waals surface area contributed by atoms with Gasteiger partial charge in [0.25, 0.3) is 0 Å². The molecule has 0 aliphatic rings. The van der Waals surface area contributed by atoms with Gasteiger partial charge in [0.15, 0.2) is 34.3 Å². The molecule has 0 aliphatic heterocycles. The van der Waals surface area contributed by atoms with Crippen LogP contribution in [-0.4, -0.2) is 25.7 Å². The van der Waals surface area contributed by atoms with Gasteiger partial charge in [-0.3, -0.25) is 4.79 Å². The van der Waals surface area contributed by atoms with Gasteiger partial charge in [0, 0.05) is 11.1 Å². The van der Waals surface area contributed by atoms with E-state index in [9.17, 15) is 4.79 Å². The van der Waals surface area contributed by atoms with Gasteiger partial charge in [0.05, 0.1) is 0 Å². The summed E-state index contributed by atoms with van der Waals surface area (Å²) in [7, 11) is 0. The number of ketones is 1. The first-order valence-corrected chi connectivity index (χ1v) is 7.89. The Bertz CT molecular complexity index is 1110. The molecular weight excluding hydrogens is 328 g/mol. The summed E-state index contributed by atoms with van der Waals surface area (Å²) in [5.41, 5.74) is 13.8. The number of carbonyl (C=O) groups excluding carboxylic acids is 1. The molecule has 26 heavy (non-hydrogen) atoms. The Morgan fingerprint density at radius 3 is 2.08 bits per heavy atom. The Morgan fingerprint density at radius 2 is 1.38 bits per heavy atom. The second-order valence-electron chi connectivity index (χ2n) is 5.62. The minimum atomic E-state index is -0.330. The topological polar surface area (TPSA) is 121 Å². The van der Waals surface area contributed by atoms with Gasteiger partial charge in [-0.1, -0.05) is 60.7 Å². The minimum Gasteiger partial charge on any atom is -0.382 e. The van der Waals surface area contributed by atoms with Crippen LogP contribution in [0.15, 0.2) is 60.7 Å². The summed E-state index contributed by atoms with van der Waals surface area (Å²) in [5, 5.41) is 0. The number of benzene rings is 2. The fourth-order valence-corrected chi connectivity index (χ4v) is 2.59. The van der Waals surface area contributed by atoms with Crippen molar-refractivity contribution in [2.45, 2.75) is 0 Å². The Morgan fingerprint density at radius 1 is 0.731 bits per heavy atom. The monoisotopic (exact) mass is 342 g/mol. The van der Waals surface area contributed by atoms with E-state index in [1.54, 1.807) is 24.3 Å². The lowest BCUT2D eigenvalue weighted by Gasteiger charge is -2.08. The molecule has 2 aromatic carbocycles. The molecule has 7 nitrogen and oxygen atoms in total. The third-order valence-electron chi connectivity index (χ3n) is 3.87. The molecule has 7 heteroatoms. The highest BCUT2D eigenvalue weighted by atomic mass is 16.1. The number of rotatable bonds is 3. The molecule has 4 rings (SSSR count). The molecule has 0 aliphatic carbocycles. The van der Waals surface area contributed by atoms with Crippen molar-refractivity contribution in [2.24, 2.45) is 0 Å². The van der Waals surface area contributed by atoms with Crippen molar-refractivity contribution in [3.05, 3.63) is 71.9 Å². The van der Waals surface area contributed by atoms with Gasteiger partial charge >= 0.3 is 0 Å². The third-order valence-corrected chi connectivity index (χ3v) is 3.87. The summed E-state index contributed by atoms with van der Waals surface area (Å²) in [6.45, 7) is 0. The molecule has 126 valence electrons. The van der Waals surface area contributed by atoms with Crippen molar-refractivity contribution < 1.29 is 4.79 Å². The van der Waals surface area contributed by atoms with E-state index in [1.807, 2.05) is 36.4 Å². The van der Waals surface area contributed by atoms with E-state index >= 15 is 0 Å². The van der Waals surface area contributed by atoms with Gasteiger partial charge in [0.1, 0.15) is 0 Å². The van der Waals surface area contributed by atoms with Gasteiger partial charge in [-0.15, -0.1) is 0 Å². The molecule has 4 aromatic rings. The summed E-state index contributed by atoms with van der Waals surface area (Å²) in [4.78, 5) is 29.8. The smallest absolute Gasteiger partial charge is 0.215 e. The number of aromatic nitrogens is 4. The Hall–Kier alpha value is -3.87. The van der Waals surface area contributed by atoms with Crippen molar-refractivity contribution in [2.75, 3.05) is 11.5 Å². The van der Waals surface area contributed by atoms with Crippen molar-refractivity contribution in [1.82, 2.24) is 19.9 Å². The number of fused-ring (bicyclic) bond motifs is 1. The van der Waals surface area contributed by atoms with E-state index in [-0.39, 0.29) is 34.3 Å². The lowest BCUT2D eigenvalue weighted by atomic mass is 10.1. The first-order chi connectivity index (χ1) is 12.6. The summed E-state index contributed by atoms with van der Waals surface area (Å²) < 4.78 is 0. The number of anilines is 2. The van der Waals surface area contributed by atoms with Crippen LogP contribution < -0.4 is 11.5 Å². The van der Waals surface area contributed by atoms with E-state index in [4.69, 9.17) is 11.5 Å². The van der Waals surface area contributed by atoms with E-state index < -0.39 is 0 Å². The summed E-state index contributed by atoms with van der Waals surface area (Å²) in [5.74, 6) is 0.238. The number of hydrogen-bond acceptors (Lipinski definition) is 7. The zero-order chi connectivity index (χ0) is 18.1. The molecule has 0 bridgehead atoms. The number of nitrogen functional groups attached to an aromatic ring is 2. The number of nitrogens with zero attached hydrogens (tertiary/aromatic N) is 4. The largest absolute Gasteiger partial charge is 0.382 e. The van der Waals surface area contributed by atoms with Crippen LogP contribution in [0.3, 0.4) is 0 Å². The molecule has 4 N–H and O–H groups in total. The number of carbonyl (C=O) groups is 1. The fourth-order valence-electron chi connectivity index (χ4n) is 2.59. The zero-order valence-corrected chi connectivity index (χ0v) is 13.6. The summed E-state index contributed by atoms with van der Waals surface area (Å²) in [6.07, 6.45) is 0. The van der Waals surface area contributed by atoms with E-state index in [1.165, 1.54) is 0 Å². The standard InChI is InChI=1S/C19H14N6O/c20-16-13(15(26)11-7-3-1-4-8-11)22-14-17(21)23-18(25-19(14)24-16)12-9-5-2-6-10-12/h1-10H,(H4,20,21,23,24,25). The Kier molecular flexibility index (Phi) is 3.74. The van der Waals surface area contributed by atoms with E-state index in [2.05, 4.69) is 19.9 Å². The van der Waals surface area contributed by atoms with Gasteiger partial charge in [-0.05, 0) is 0 Å². The molecule has 0 atom stereocenters. The van der Waals surface area contributed by atoms with E-state index in [0.717, 1.165) is 5.56 Å². The van der Waals surface area contributed by atoms with Crippen LogP contribution in [-0.2, 0) is 0 Å². The van der Waals surface area contributed by atoms with Crippen LogP contribution in [0.1, 0.15) is 16.1 Å². The maximum atomic E-state index is 12.6. The average molecular weight is 342 g/mol. The van der Waals surface area contributed by atoms with Crippen LogP contribution in [0.25, 0.3) is 22.6 Å². The average Bonchev–Trinajstić information content (AvgIpc) is 2.68. The van der Waals surface area contributed by atoms with Crippen LogP contribution in [0.2, 0.25) is 0 Å². The highest BCUT2D eigenvalue weighted by Gasteiger charge is 2.19. The highest BCUT2D eigenvalue weighted by molar-refractivity contribution is 6.11. The highest BCUT2D eigenvalue weighted by Crippen LogP contribution is 2.23. The van der Waals surface area contributed by atoms with E-state index in [0.29, 0.717) is 11.4 Å². The maximum Gasteiger partial charge on any atom is 0.215 e. The lowest BCUT2D eigenvalue weighted by molar-refractivity contribution is 0.103. The molecule has 0 unspecified atom stereocenters. The number of nitrogens with two attached hydrogens (primary N) is 2. The number of hydrogen-bond donors (Lipinski definition) is 2. The molecular formula is C19H14N6O. The van der Waals surface area contributed by atoms with Gasteiger partial charge < -0.3 is 11.5 Å². The van der Waals surface area contributed by atoms with Gasteiger partial charge in [0.2, 0.25) is 5.78 Å². The molecule has 0 spiro atoms. The van der Waals surface area contributed by atoms with Crippen LogP contribution in [0, 0.1) is 0 Å². The molecule has 0 saturated carbocycles. The molecule has 0 radical (unpaired) electrons. The fraction of sp³-hybridized carbons (Fsp3) is 0. The van der Waals surface area contributed by atoms with Crippen molar-refractivity contribution in [3.63, 3.8) is 0 Å². The van der Waals surface area contributed by atoms with Gasteiger partial charge in [-0.25, -0.2) is 19.9 Å². The molecule has 0 amide bonds. The second-order valence-corrected chi connectivity index (χ2v) is 5.62. The normalized spacial score (nSPS) is 10.8. The lowest BCUT2D eigenvalue weighted by Crippen LogP contribution is -2.12.